The topological polar surface area (TPSA) is 154 Å². The highest BCUT2D eigenvalue weighted by molar-refractivity contribution is 14.1. The Hall–Kier alpha value is -4.15. The van der Waals surface area contributed by atoms with Gasteiger partial charge in [0, 0.05) is 11.1 Å². The Morgan fingerprint density at radius 1 is 1.07 bits per heavy atom. The summed E-state index contributed by atoms with van der Waals surface area (Å²) in [6.07, 6.45) is 1.35. The first-order chi connectivity index (χ1) is 19.0. The van der Waals surface area contributed by atoms with Crippen LogP contribution in [0, 0.1) is 23.8 Å². The van der Waals surface area contributed by atoms with Crippen molar-refractivity contribution >= 4 is 86.5 Å². The van der Waals surface area contributed by atoms with Gasteiger partial charge in [-0.25, -0.2) is 0 Å². The molecule has 3 aromatic rings. The predicted molar refractivity (Wildman–Crippen MR) is 158 cm³/mol. The molecule has 0 spiro atoms. The van der Waals surface area contributed by atoms with E-state index in [9.17, 15) is 29.8 Å². The second kappa shape index (κ2) is 11.9. The summed E-state index contributed by atoms with van der Waals surface area (Å²) in [6.45, 7) is 1.89. The van der Waals surface area contributed by atoms with Crippen molar-refractivity contribution in [3.8, 4) is 17.2 Å². The summed E-state index contributed by atoms with van der Waals surface area (Å²) in [6, 6.07) is 12.5. The number of nitrogens with one attached hydrogen (secondary N) is 1. The molecule has 1 aliphatic rings. The van der Waals surface area contributed by atoms with Crippen molar-refractivity contribution in [3.63, 3.8) is 0 Å². The zero-order chi connectivity index (χ0) is 29.1. The Bertz CT molecular complexity index is 1630. The van der Waals surface area contributed by atoms with E-state index in [4.69, 9.17) is 33.3 Å². The Kier molecular flexibility index (Phi) is 8.61. The lowest BCUT2D eigenvalue weighted by molar-refractivity contribution is -0.394. The number of nitrogens with zero attached hydrogens (tertiary/aromatic N) is 3. The first kappa shape index (κ1) is 28.8. The molecule has 15 heteroatoms. The van der Waals surface area contributed by atoms with Gasteiger partial charge in [0.25, 0.3) is 17.5 Å². The summed E-state index contributed by atoms with van der Waals surface area (Å²) in [7, 11) is 0. The molecule has 1 fully saturated rings. The van der Waals surface area contributed by atoms with Crippen molar-refractivity contribution in [1.29, 1.82) is 0 Å². The number of nitro groups is 2. The van der Waals surface area contributed by atoms with Crippen molar-refractivity contribution in [2.24, 2.45) is 0 Å². The van der Waals surface area contributed by atoms with Crippen molar-refractivity contribution in [2.45, 2.75) is 6.92 Å². The normalized spacial score (nSPS) is 14.2. The minimum atomic E-state index is -0.794. The minimum Gasteiger partial charge on any atom is -0.490 e. The Morgan fingerprint density at radius 2 is 1.82 bits per heavy atom. The van der Waals surface area contributed by atoms with Gasteiger partial charge in [-0.2, -0.15) is 0 Å². The van der Waals surface area contributed by atoms with Gasteiger partial charge in [0.2, 0.25) is 5.75 Å². The Balaban J connectivity index is 1.74. The lowest BCUT2D eigenvalue weighted by Gasteiger charge is -2.29. The summed E-state index contributed by atoms with van der Waals surface area (Å²) < 4.78 is 11.9. The summed E-state index contributed by atoms with van der Waals surface area (Å²) >= 11 is 13.2. The highest BCUT2D eigenvalue weighted by Gasteiger charge is 2.34. The van der Waals surface area contributed by atoms with Gasteiger partial charge in [-0.05, 0) is 89.8 Å². The molecule has 1 N–H and O–H groups in total. The van der Waals surface area contributed by atoms with E-state index in [1.807, 2.05) is 22.6 Å². The van der Waals surface area contributed by atoms with Gasteiger partial charge in [-0.15, -0.1) is 0 Å². The molecule has 0 aromatic heterocycles. The molecule has 40 heavy (non-hydrogen) atoms. The van der Waals surface area contributed by atoms with Gasteiger partial charge in [0.05, 0.1) is 31.8 Å². The fourth-order valence-electron chi connectivity index (χ4n) is 3.67. The van der Waals surface area contributed by atoms with Crippen LogP contribution in [0.3, 0.4) is 0 Å². The number of halogens is 2. The molecule has 3 aromatic carbocycles. The molecule has 0 unspecified atom stereocenters. The maximum Gasteiger partial charge on any atom is 0.318 e. The van der Waals surface area contributed by atoms with Gasteiger partial charge >= 0.3 is 5.69 Å². The standard InChI is InChI=1S/C25H16ClIN4O8S/c1-2-38-21-10-13(8-17-23(32)28-25(40)29(24(17)33)15-5-3-4-14(26)11-15)9-18(27)22(21)39-20-7-6-16(30(34)35)12-19(20)31(36)37/h3-12H,2H2,1H3,(H,28,32,40)/b17-8+. The van der Waals surface area contributed by atoms with Crippen LogP contribution in [0.5, 0.6) is 17.2 Å². The summed E-state index contributed by atoms with van der Waals surface area (Å²) in [5.74, 6) is -1.37. The summed E-state index contributed by atoms with van der Waals surface area (Å²) in [5.41, 5.74) is -0.545. The molecule has 2 amide bonds. The van der Waals surface area contributed by atoms with Gasteiger partial charge in [0.1, 0.15) is 5.57 Å². The van der Waals surface area contributed by atoms with E-state index in [0.717, 1.165) is 23.1 Å². The quantitative estimate of drug-likeness (QED) is 0.0772. The van der Waals surface area contributed by atoms with E-state index < -0.39 is 33.0 Å². The number of anilines is 1. The zero-order valence-corrected chi connectivity index (χ0v) is 24.0. The number of benzene rings is 3. The van der Waals surface area contributed by atoms with Crippen LogP contribution in [-0.2, 0) is 9.59 Å². The highest BCUT2D eigenvalue weighted by atomic mass is 127. The molecule has 1 saturated heterocycles. The van der Waals surface area contributed by atoms with Crippen LogP contribution in [0.15, 0.2) is 60.2 Å². The third kappa shape index (κ3) is 6.03. The number of amides is 2. The first-order valence-electron chi connectivity index (χ1n) is 11.2. The van der Waals surface area contributed by atoms with Crippen molar-refractivity contribution in [1.82, 2.24) is 5.32 Å². The number of hydrogen-bond acceptors (Lipinski definition) is 9. The number of nitro benzene ring substituents is 2. The monoisotopic (exact) mass is 694 g/mol. The van der Waals surface area contributed by atoms with Crippen LogP contribution in [0.2, 0.25) is 5.02 Å². The maximum absolute atomic E-state index is 13.3. The highest BCUT2D eigenvalue weighted by Crippen LogP contribution is 2.42. The van der Waals surface area contributed by atoms with E-state index in [1.54, 1.807) is 31.2 Å². The molecule has 0 radical (unpaired) electrons. The second-order valence-corrected chi connectivity index (χ2v) is 9.95. The van der Waals surface area contributed by atoms with Crippen LogP contribution < -0.4 is 19.7 Å². The van der Waals surface area contributed by atoms with Crippen LogP contribution >= 0.6 is 46.4 Å². The summed E-state index contributed by atoms with van der Waals surface area (Å²) in [5, 5.41) is 25.4. The third-order valence-corrected chi connectivity index (χ3v) is 6.69. The molecular formula is C25H16ClIN4O8S. The number of hydrogen-bond donors (Lipinski definition) is 1. The number of non-ortho nitro benzene ring substituents is 1. The lowest BCUT2D eigenvalue weighted by atomic mass is 10.1. The van der Waals surface area contributed by atoms with Crippen LogP contribution in [0.4, 0.5) is 17.1 Å². The SMILES string of the molecule is CCOc1cc(/C=C2\C(=O)NC(=S)N(c3cccc(Cl)c3)C2=O)cc(I)c1Oc1ccc([N+](=O)[O-])cc1[N+](=O)[O-]. The lowest BCUT2D eigenvalue weighted by Crippen LogP contribution is -2.54. The molecule has 0 bridgehead atoms. The molecule has 0 saturated carbocycles. The largest absolute Gasteiger partial charge is 0.490 e. The zero-order valence-electron chi connectivity index (χ0n) is 20.3. The first-order valence-corrected chi connectivity index (χ1v) is 13.1. The molecule has 1 heterocycles. The van der Waals surface area contributed by atoms with Crippen molar-refractivity contribution in [2.75, 3.05) is 11.5 Å². The van der Waals surface area contributed by atoms with Crippen LogP contribution in [0.25, 0.3) is 6.08 Å². The number of carbonyl (C=O) groups excluding carboxylic acids is 2. The average molecular weight is 695 g/mol. The predicted octanol–water partition coefficient (Wildman–Crippen LogP) is 5.78. The average Bonchev–Trinajstić information content (AvgIpc) is 2.88. The Morgan fingerprint density at radius 3 is 2.48 bits per heavy atom. The number of carbonyl (C=O) groups is 2. The van der Waals surface area contributed by atoms with Crippen LogP contribution in [0.1, 0.15) is 12.5 Å². The summed E-state index contributed by atoms with van der Waals surface area (Å²) in [4.78, 5) is 48.3. The van der Waals surface area contributed by atoms with Gasteiger partial charge in [0.15, 0.2) is 16.6 Å². The second-order valence-electron chi connectivity index (χ2n) is 7.97. The number of rotatable bonds is 8. The van der Waals surface area contributed by atoms with E-state index in [1.165, 1.54) is 18.2 Å². The minimum absolute atomic E-state index is 0.0997. The molecule has 12 nitrogen and oxygen atoms in total. The van der Waals surface area contributed by atoms with E-state index in [0.29, 0.717) is 19.8 Å². The molecule has 204 valence electrons. The molecule has 1 aliphatic heterocycles. The van der Waals surface area contributed by atoms with Crippen molar-refractivity contribution < 1.29 is 28.9 Å². The molecule has 0 aliphatic carbocycles. The number of ether oxygens (including phenoxy) is 2. The van der Waals surface area contributed by atoms with Crippen LogP contribution in [-0.4, -0.2) is 33.4 Å². The molecule has 4 rings (SSSR count). The van der Waals surface area contributed by atoms with Gasteiger partial charge in [-0.3, -0.25) is 40.0 Å². The van der Waals surface area contributed by atoms with E-state index in [2.05, 4.69) is 5.32 Å². The third-order valence-electron chi connectivity index (χ3n) is 5.37. The van der Waals surface area contributed by atoms with Crippen molar-refractivity contribution in [3.05, 3.63) is 94.6 Å². The van der Waals surface area contributed by atoms with E-state index >= 15 is 0 Å². The van der Waals surface area contributed by atoms with Gasteiger partial charge in [-0.1, -0.05) is 17.7 Å². The molecule has 0 atom stereocenters. The maximum atomic E-state index is 13.3. The molecular weight excluding hydrogens is 679 g/mol. The Labute approximate surface area is 249 Å². The van der Waals surface area contributed by atoms with E-state index in [-0.39, 0.29) is 34.5 Å². The smallest absolute Gasteiger partial charge is 0.318 e. The number of thiocarbonyl (C=S) groups is 1. The fraction of sp³-hybridized carbons (Fsp3) is 0.0800. The van der Waals surface area contributed by atoms with Gasteiger partial charge < -0.3 is 9.47 Å². The fourth-order valence-corrected chi connectivity index (χ4v) is 4.87.